The Morgan fingerprint density at radius 1 is 1.44 bits per heavy atom. The van der Waals surface area contributed by atoms with Crippen molar-refractivity contribution in [3.05, 3.63) is 33.0 Å². The van der Waals surface area contributed by atoms with E-state index in [1.165, 1.54) is 17.0 Å². The van der Waals surface area contributed by atoms with E-state index < -0.39 is 5.82 Å². The highest BCUT2D eigenvalue weighted by Gasteiger charge is 2.21. The predicted octanol–water partition coefficient (Wildman–Crippen LogP) is 3.72. The molecule has 0 aliphatic rings. The molecular formula is C11H12BrClFNO. The summed E-state index contributed by atoms with van der Waals surface area (Å²) in [6.45, 7) is 4.73. The number of carbonyl (C=O) groups is 1. The molecule has 1 amide bonds. The Morgan fingerprint density at radius 3 is 2.50 bits per heavy atom. The first-order chi connectivity index (χ1) is 7.52. The molecule has 0 fully saturated rings. The lowest BCUT2D eigenvalue weighted by molar-refractivity contribution is 0.0768. The van der Waals surface area contributed by atoms with Gasteiger partial charge < -0.3 is 4.90 Å². The minimum atomic E-state index is -0.592. The number of benzene rings is 1. The molecule has 2 nitrogen and oxygen atoms in total. The average molecular weight is 309 g/mol. The first-order valence-electron chi connectivity index (χ1n) is 4.95. The topological polar surface area (TPSA) is 20.3 Å². The van der Waals surface area contributed by atoms with Gasteiger partial charge >= 0.3 is 0 Å². The quantitative estimate of drug-likeness (QED) is 0.779. The van der Waals surface area contributed by atoms with Gasteiger partial charge in [-0.2, -0.15) is 0 Å². The van der Waals surface area contributed by atoms with Crippen molar-refractivity contribution in [3.63, 3.8) is 0 Å². The molecule has 1 rings (SSSR count). The number of hydrogen-bond donors (Lipinski definition) is 0. The number of amides is 1. The Kier molecular flexibility index (Phi) is 4.74. The monoisotopic (exact) mass is 307 g/mol. The van der Waals surface area contributed by atoms with Crippen LogP contribution in [0.25, 0.3) is 0 Å². The van der Waals surface area contributed by atoms with Gasteiger partial charge in [-0.1, -0.05) is 11.6 Å². The number of nitrogens with zero attached hydrogens (tertiary/aromatic N) is 1. The summed E-state index contributed by atoms with van der Waals surface area (Å²) in [4.78, 5) is 13.5. The molecule has 0 spiro atoms. The molecule has 5 heteroatoms. The van der Waals surface area contributed by atoms with E-state index in [1.807, 2.05) is 13.8 Å². The molecule has 1 aromatic carbocycles. The van der Waals surface area contributed by atoms with Crippen molar-refractivity contribution in [2.75, 3.05) is 13.1 Å². The summed E-state index contributed by atoms with van der Waals surface area (Å²) in [7, 11) is 0. The van der Waals surface area contributed by atoms with Crippen molar-refractivity contribution in [3.8, 4) is 0 Å². The van der Waals surface area contributed by atoms with Gasteiger partial charge in [-0.25, -0.2) is 4.39 Å². The van der Waals surface area contributed by atoms with E-state index in [2.05, 4.69) is 15.9 Å². The van der Waals surface area contributed by atoms with Crippen LogP contribution >= 0.6 is 27.5 Å². The summed E-state index contributed by atoms with van der Waals surface area (Å²) in [6.07, 6.45) is 0. The predicted molar refractivity (Wildman–Crippen MR) is 66.4 cm³/mol. The molecular weight excluding hydrogens is 296 g/mol. The molecule has 16 heavy (non-hydrogen) atoms. The zero-order valence-corrected chi connectivity index (χ0v) is 11.4. The molecule has 0 atom stereocenters. The minimum Gasteiger partial charge on any atom is -0.339 e. The Hall–Kier alpha value is -0.610. The van der Waals surface area contributed by atoms with Crippen molar-refractivity contribution < 1.29 is 9.18 Å². The van der Waals surface area contributed by atoms with Gasteiger partial charge in [0.15, 0.2) is 0 Å². The highest BCUT2D eigenvalue weighted by atomic mass is 79.9. The largest absolute Gasteiger partial charge is 0.339 e. The van der Waals surface area contributed by atoms with Crippen LogP contribution < -0.4 is 0 Å². The fraction of sp³-hybridized carbons (Fsp3) is 0.364. The van der Waals surface area contributed by atoms with Crippen LogP contribution in [-0.4, -0.2) is 23.9 Å². The van der Waals surface area contributed by atoms with Crippen LogP contribution in [0.2, 0.25) is 5.02 Å². The lowest BCUT2D eigenvalue weighted by Gasteiger charge is -2.19. The Bertz CT molecular complexity index is 407. The van der Waals surface area contributed by atoms with E-state index in [0.29, 0.717) is 17.6 Å². The number of hydrogen-bond acceptors (Lipinski definition) is 1. The summed E-state index contributed by atoms with van der Waals surface area (Å²) in [5.74, 6) is -0.973. The molecule has 1 aromatic rings. The Balaban J connectivity index is 3.22. The number of halogens is 3. The Morgan fingerprint density at radius 2 is 2.00 bits per heavy atom. The zero-order valence-electron chi connectivity index (χ0n) is 9.06. The highest BCUT2D eigenvalue weighted by Crippen LogP contribution is 2.29. The van der Waals surface area contributed by atoms with Crippen molar-refractivity contribution in [2.45, 2.75) is 13.8 Å². The maximum absolute atomic E-state index is 13.6. The highest BCUT2D eigenvalue weighted by molar-refractivity contribution is 9.10. The summed E-state index contributed by atoms with van der Waals surface area (Å²) in [5, 5.41) is 0.122. The van der Waals surface area contributed by atoms with E-state index >= 15 is 0 Å². The second-order valence-electron chi connectivity index (χ2n) is 3.20. The van der Waals surface area contributed by atoms with Crippen LogP contribution in [0.1, 0.15) is 24.2 Å². The lowest BCUT2D eigenvalue weighted by atomic mass is 10.2. The van der Waals surface area contributed by atoms with Crippen molar-refractivity contribution >= 4 is 33.4 Å². The third-order valence-corrected chi connectivity index (χ3v) is 3.59. The third kappa shape index (κ3) is 2.55. The molecule has 0 unspecified atom stereocenters. The molecule has 0 N–H and O–H groups in total. The first kappa shape index (κ1) is 13.5. The molecule has 0 aliphatic heterocycles. The van der Waals surface area contributed by atoms with Crippen LogP contribution in [0.3, 0.4) is 0 Å². The molecule has 0 saturated heterocycles. The minimum absolute atomic E-state index is 0.0697. The van der Waals surface area contributed by atoms with Gasteiger partial charge in [-0.3, -0.25) is 4.79 Å². The second-order valence-corrected chi connectivity index (χ2v) is 4.43. The van der Waals surface area contributed by atoms with Gasteiger partial charge in [0.05, 0.1) is 10.6 Å². The van der Waals surface area contributed by atoms with Crippen LogP contribution in [0.15, 0.2) is 16.6 Å². The summed E-state index contributed by atoms with van der Waals surface area (Å²) in [6, 6.07) is 2.71. The molecule has 0 aromatic heterocycles. The third-order valence-electron chi connectivity index (χ3n) is 2.31. The summed E-state index contributed by atoms with van der Waals surface area (Å²) in [5.41, 5.74) is -0.0697. The SMILES string of the molecule is CCN(CC)C(=O)c1c(F)ccc(Br)c1Cl. The van der Waals surface area contributed by atoms with E-state index in [0.717, 1.165) is 0 Å². The zero-order chi connectivity index (χ0) is 12.3. The molecule has 0 bridgehead atoms. The fourth-order valence-corrected chi connectivity index (χ4v) is 1.96. The van der Waals surface area contributed by atoms with Crippen LogP contribution in [0, 0.1) is 5.82 Å². The van der Waals surface area contributed by atoms with Crippen LogP contribution in [0.4, 0.5) is 4.39 Å². The Labute approximate surface area is 108 Å². The molecule has 0 radical (unpaired) electrons. The van der Waals surface area contributed by atoms with Gasteiger partial charge in [0.2, 0.25) is 0 Å². The van der Waals surface area contributed by atoms with Crippen LogP contribution in [-0.2, 0) is 0 Å². The fourth-order valence-electron chi connectivity index (χ4n) is 1.39. The van der Waals surface area contributed by atoms with Gasteiger partial charge in [0.25, 0.3) is 5.91 Å². The van der Waals surface area contributed by atoms with Gasteiger partial charge in [-0.15, -0.1) is 0 Å². The smallest absolute Gasteiger partial charge is 0.258 e. The normalized spacial score (nSPS) is 10.3. The van der Waals surface area contributed by atoms with Crippen LogP contribution in [0.5, 0.6) is 0 Å². The maximum atomic E-state index is 13.6. The number of carbonyl (C=O) groups excluding carboxylic acids is 1. The van der Waals surface area contributed by atoms with Crippen molar-refractivity contribution in [2.24, 2.45) is 0 Å². The first-order valence-corrected chi connectivity index (χ1v) is 6.12. The van der Waals surface area contributed by atoms with Crippen molar-refractivity contribution in [1.82, 2.24) is 4.90 Å². The van der Waals surface area contributed by atoms with Crippen molar-refractivity contribution in [1.29, 1.82) is 0 Å². The standard InChI is InChI=1S/C11H12BrClFNO/c1-3-15(4-2)11(16)9-8(14)6-5-7(12)10(9)13/h5-6H,3-4H2,1-2H3. The van der Waals surface area contributed by atoms with Gasteiger partial charge in [0, 0.05) is 17.6 Å². The van der Waals surface area contributed by atoms with E-state index in [9.17, 15) is 9.18 Å². The summed E-state index contributed by atoms with van der Waals surface area (Å²) >= 11 is 9.09. The molecule has 0 heterocycles. The van der Waals surface area contributed by atoms with E-state index in [-0.39, 0.29) is 16.5 Å². The summed E-state index contributed by atoms with van der Waals surface area (Å²) < 4.78 is 14.1. The molecule has 0 saturated carbocycles. The van der Waals surface area contributed by atoms with E-state index in [1.54, 1.807) is 0 Å². The number of rotatable bonds is 3. The molecule has 0 aliphatic carbocycles. The molecule has 88 valence electrons. The maximum Gasteiger partial charge on any atom is 0.258 e. The van der Waals surface area contributed by atoms with Gasteiger partial charge in [-0.05, 0) is 41.9 Å². The van der Waals surface area contributed by atoms with E-state index in [4.69, 9.17) is 11.6 Å². The van der Waals surface area contributed by atoms with Gasteiger partial charge in [0.1, 0.15) is 5.82 Å². The lowest BCUT2D eigenvalue weighted by Crippen LogP contribution is -2.31. The average Bonchev–Trinajstić information content (AvgIpc) is 2.26. The second kappa shape index (κ2) is 5.64.